The zero-order valence-electron chi connectivity index (χ0n) is 20.0. The molecule has 1 aromatic carbocycles. The van der Waals surface area contributed by atoms with Crippen LogP contribution in [0, 0.1) is 23.2 Å². The first kappa shape index (κ1) is 22.6. The number of carbonyl (C=O) groups excluding carboxylic acids is 2. The summed E-state index contributed by atoms with van der Waals surface area (Å²) in [6.45, 7) is 10.2. The normalized spacial score (nSPS) is 36.6. The van der Waals surface area contributed by atoms with Crippen molar-refractivity contribution < 1.29 is 19.4 Å². The fraction of sp³-hybridized carbons (Fsp3) is 0.630. The SMILES string of the molecule is CC(=O)c1ccc(N2CCN(CC3C(=O)O[C@@H]4CC5=CCC[C@@H](C)[C@@]5(C)[C@@H](O)[C@H]34)CC2)cc1. The van der Waals surface area contributed by atoms with Crippen molar-refractivity contribution >= 4 is 17.4 Å². The summed E-state index contributed by atoms with van der Waals surface area (Å²) in [4.78, 5) is 29.1. The van der Waals surface area contributed by atoms with Gasteiger partial charge in [0.15, 0.2) is 5.78 Å². The third-order valence-electron chi connectivity index (χ3n) is 9.04. The summed E-state index contributed by atoms with van der Waals surface area (Å²) < 4.78 is 5.84. The molecular formula is C27H36N2O4. The van der Waals surface area contributed by atoms with E-state index in [0.717, 1.165) is 56.7 Å². The van der Waals surface area contributed by atoms with Gasteiger partial charge in [0.25, 0.3) is 0 Å². The van der Waals surface area contributed by atoms with Gasteiger partial charge in [-0.25, -0.2) is 0 Å². The van der Waals surface area contributed by atoms with Crippen molar-refractivity contribution in [2.24, 2.45) is 23.2 Å². The highest BCUT2D eigenvalue weighted by Gasteiger charge is 2.59. The van der Waals surface area contributed by atoms with Crippen molar-refractivity contribution in [3.63, 3.8) is 0 Å². The molecule has 6 nitrogen and oxygen atoms in total. The molecule has 4 aliphatic rings. The molecule has 6 atom stereocenters. The number of ether oxygens (including phenoxy) is 1. The number of aliphatic hydroxyl groups is 1. The molecule has 0 radical (unpaired) electrons. The molecule has 2 aliphatic carbocycles. The summed E-state index contributed by atoms with van der Waals surface area (Å²) in [7, 11) is 0. The molecule has 0 aromatic heterocycles. The first-order valence-corrected chi connectivity index (χ1v) is 12.5. The number of aliphatic hydroxyl groups excluding tert-OH is 1. The Labute approximate surface area is 196 Å². The average molecular weight is 453 g/mol. The molecule has 1 N–H and O–H groups in total. The number of Topliss-reactive ketones (excluding diaryl/α,β-unsaturated/α-hetero) is 1. The Kier molecular flexibility index (Phi) is 5.86. The van der Waals surface area contributed by atoms with E-state index in [4.69, 9.17) is 4.74 Å². The van der Waals surface area contributed by atoms with Crippen LogP contribution in [-0.2, 0) is 9.53 Å². The topological polar surface area (TPSA) is 70.1 Å². The Morgan fingerprint density at radius 2 is 1.88 bits per heavy atom. The van der Waals surface area contributed by atoms with Gasteiger partial charge in [0.2, 0.25) is 0 Å². The van der Waals surface area contributed by atoms with Gasteiger partial charge >= 0.3 is 5.97 Å². The van der Waals surface area contributed by atoms with Crippen molar-refractivity contribution in [3.8, 4) is 0 Å². The van der Waals surface area contributed by atoms with Crippen molar-refractivity contribution in [3.05, 3.63) is 41.5 Å². The van der Waals surface area contributed by atoms with Gasteiger partial charge in [0.1, 0.15) is 6.10 Å². The van der Waals surface area contributed by atoms with Gasteiger partial charge in [-0.2, -0.15) is 0 Å². The van der Waals surface area contributed by atoms with Crippen LogP contribution < -0.4 is 4.90 Å². The summed E-state index contributed by atoms with van der Waals surface area (Å²) >= 11 is 0. The maximum absolute atomic E-state index is 12.9. The lowest BCUT2D eigenvalue weighted by Gasteiger charge is -2.52. The Balaban J connectivity index is 1.25. The van der Waals surface area contributed by atoms with Crippen molar-refractivity contribution in [2.45, 2.75) is 52.2 Å². The van der Waals surface area contributed by atoms with E-state index in [1.807, 2.05) is 24.3 Å². The van der Waals surface area contributed by atoms with Crippen LogP contribution in [0.15, 0.2) is 35.9 Å². The molecule has 3 fully saturated rings. The highest BCUT2D eigenvalue weighted by Crippen LogP contribution is 2.56. The second-order valence-electron chi connectivity index (χ2n) is 10.7. The minimum atomic E-state index is -0.546. The maximum atomic E-state index is 12.9. The lowest BCUT2D eigenvalue weighted by atomic mass is 9.55. The largest absolute Gasteiger partial charge is 0.461 e. The van der Waals surface area contributed by atoms with Gasteiger partial charge in [0.05, 0.1) is 12.0 Å². The molecular weight excluding hydrogens is 416 g/mol. The summed E-state index contributed by atoms with van der Waals surface area (Å²) in [5.41, 5.74) is 2.89. The summed E-state index contributed by atoms with van der Waals surface area (Å²) in [5, 5.41) is 11.6. The van der Waals surface area contributed by atoms with Crippen LogP contribution in [-0.4, -0.2) is 66.7 Å². The second kappa shape index (κ2) is 8.55. The third-order valence-corrected chi connectivity index (χ3v) is 9.04. The van der Waals surface area contributed by atoms with E-state index < -0.39 is 6.10 Å². The number of hydrogen-bond acceptors (Lipinski definition) is 6. The van der Waals surface area contributed by atoms with Crippen LogP contribution in [0.1, 0.15) is 50.4 Å². The standard InChI is InChI=1S/C27H36N2O4/c1-17-5-4-6-20-15-23-24(25(31)27(17,20)3)22(26(32)33-23)16-28-11-13-29(14-12-28)21-9-7-19(8-10-21)18(2)30/h6-10,17,22-25,31H,4-5,11-16H2,1-3H3/t17-,22?,23-,24-,25+,27-/m1/s1. The van der Waals surface area contributed by atoms with Crippen molar-refractivity contribution in [1.82, 2.24) is 4.90 Å². The lowest BCUT2D eigenvalue weighted by molar-refractivity contribution is -0.145. The zero-order chi connectivity index (χ0) is 23.3. The first-order chi connectivity index (χ1) is 15.8. The Bertz CT molecular complexity index is 949. The molecule has 2 heterocycles. The van der Waals surface area contributed by atoms with Crippen molar-refractivity contribution in [2.75, 3.05) is 37.6 Å². The van der Waals surface area contributed by atoms with Gasteiger partial charge in [0, 0.05) is 61.7 Å². The number of ketones is 1. The highest BCUT2D eigenvalue weighted by molar-refractivity contribution is 5.94. The Morgan fingerprint density at radius 3 is 2.55 bits per heavy atom. The predicted molar refractivity (Wildman–Crippen MR) is 127 cm³/mol. The number of carbonyl (C=O) groups is 2. The van der Waals surface area contributed by atoms with Crippen LogP contribution in [0.5, 0.6) is 0 Å². The third kappa shape index (κ3) is 3.81. The van der Waals surface area contributed by atoms with Crippen LogP contribution in [0.2, 0.25) is 0 Å². The van der Waals surface area contributed by atoms with Gasteiger partial charge in [-0.15, -0.1) is 0 Å². The number of piperazine rings is 1. The highest BCUT2D eigenvalue weighted by atomic mass is 16.6. The lowest BCUT2D eigenvalue weighted by Crippen LogP contribution is -2.55. The number of esters is 1. The molecule has 0 spiro atoms. The number of benzene rings is 1. The smallest absolute Gasteiger partial charge is 0.311 e. The molecule has 0 amide bonds. The number of anilines is 1. The van der Waals surface area contributed by atoms with Crippen LogP contribution in [0.4, 0.5) is 5.69 Å². The fourth-order valence-electron chi connectivity index (χ4n) is 6.65. The average Bonchev–Trinajstić information content (AvgIpc) is 3.11. The predicted octanol–water partition coefficient (Wildman–Crippen LogP) is 3.30. The number of fused-ring (bicyclic) bond motifs is 2. The zero-order valence-corrected chi connectivity index (χ0v) is 20.0. The van der Waals surface area contributed by atoms with Gasteiger partial charge < -0.3 is 14.7 Å². The molecule has 33 heavy (non-hydrogen) atoms. The fourth-order valence-corrected chi connectivity index (χ4v) is 6.65. The van der Waals surface area contributed by atoms with E-state index in [1.165, 1.54) is 5.57 Å². The maximum Gasteiger partial charge on any atom is 0.311 e. The van der Waals surface area contributed by atoms with Crippen molar-refractivity contribution in [1.29, 1.82) is 0 Å². The van der Waals surface area contributed by atoms with E-state index in [-0.39, 0.29) is 35.1 Å². The monoisotopic (exact) mass is 452 g/mol. The van der Waals surface area contributed by atoms with Crippen LogP contribution in [0.25, 0.3) is 0 Å². The van der Waals surface area contributed by atoms with E-state index in [9.17, 15) is 14.7 Å². The molecule has 6 heteroatoms. The minimum Gasteiger partial charge on any atom is -0.461 e. The molecule has 5 rings (SSSR count). The molecule has 1 aromatic rings. The molecule has 1 unspecified atom stereocenters. The van der Waals surface area contributed by atoms with Gasteiger partial charge in [-0.05, 0) is 49.9 Å². The van der Waals surface area contributed by atoms with Gasteiger partial charge in [-0.1, -0.05) is 25.5 Å². The Hall–Kier alpha value is -2.18. The van der Waals surface area contributed by atoms with Gasteiger partial charge in [-0.3, -0.25) is 14.5 Å². The quantitative estimate of drug-likeness (QED) is 0.430. The van der Waals surface area contributed by atoms with Crippen LogP contribution >= 0.6 is 0 Å². The summed E-state index contributed by atoms with van der Waals surface area (Å²) in [6, 6.07) is 7.80. The molecule has 2 saturated heterocycles. The molecule has 178 valence electrons. The molecule has 0 bridgehead atoms. The number of allylic oxidation sites excluding steroid dienone is 1. The Morgan fingerprint density at radius 1 is 1.18 bits per heavy atom. The molecule has 1 saturated carbocycles. The number of rotatable bonds is 4. The number of hydrogen-bond donors (Lipinski definition) is 1. The second-order valence-corrected chi connectivity index (χ2v) is 10.7. The minimum absolute atomic E-state index is 0.0807. The summed E-state index contributed by atoms with van der Waals surface area (Å²) in [5.74, 6) is -0.0436. The van der Waals surface area contributed by atoms with E-state index >= 15 is 0 Å². The number of nitrogens with zero attached hydrogens (tertiary/aromatic N) is 2. The van der Waals surface area contributed by atoms with Crippen LogP contribution in [0.3, 0.4) is 0 Å². The first-order valence-electron chi connectivity index (χ1n) is 12.5. The van der Waals surface area contributed by atoms with E-state index in [0.29, 0.717) is 12.5 Å². The van der Waals surface area contributed by atoms with E-state index in [2.05, 4.69) is 29.7 Å². The van der Waals surface area contributed by atoms with E-state index in [1.54, 1.807) is 6.92 Å². The molecule has 2 aliphatic heterocycles. The summed E-state index contributed by atoms with van der Waals surface area (Å²) in [6.07, 6.45) is 4.45.